The Morgan fingerprint density at radius 2 is 1.87 bits per heavy atom. The van der Waals surface area contributed by atoms with Gasteiger partial charge < -0.3 is 10.2 Å². The zero-order valence-corrected chi connectivity index (χ0v) is 14.3. The second-order valence-electron chi connectivity index (χ2n) is 5.85. The highest BCUT2D eigenvalue weighted by Crippen LogP contribution is 2.16. The zero-order chi connectivity index (χ0) is 16.1. The van der Waals surface area contributed by atoms with Crippen molar-refractivity contribution in [2.75, 3.05) is 44.2 Å². The van der Waals surface area contributed by atoms with E-state index in [1.165, 1.54) is 17.0 Å². The molecule has 1 amide bonds. The Morgan fingerprint density at radius 1 is 1.13 bits per heavy atom. The standard InChI is InChI=1S/C18H23N3OS/c1-15-7-14-23-17(15)18(22)19-8-9-20-10-12-21(13-11-20)16-5-3-2-4-6-16/h2-7,14H,8-13H2,1H3,(H,19,22). The third kappa shape index (κ3) is 4.12. The number of amides is 1. The summed E-state index contributed by atoms with van der Waals surface area (Å²) in [5, 5.41) is 5.00. The SMILES string of the molecule is Cc1ccsc1C(=O)NCCN1CCN(c2ccccc2)CC1. The van der Waals surface area contributed by atoms with Crippen LogP contribution in [0.4, 0.5) is 5.69 Å². The Bertz CT molecular complexity index is 633. The molecule has 1 N–H and O–H groups in total. The number of hydrogen-bond donors (Lipinski definition) is 1. The summed E-state index contributed by atoms with van der Waals surface area (Å²) in [5.74, 6) is 0.0559. The molecule has 0 spiro atoms. The normalized spacial score (nSPS) is 15.6. The largest absolute Gasteiger partial charge is 0.369 e. The van der Waals surface area contributed by atoms with Crippen molar-refractivity contribution in [1.82, 2.24) is 10.2 Å². The number of carbonyl (C=O) groups is 1. The molecule has 0 atom stereocenters. The number of nitrogens with zero attached hydrogens (tertiary/aromatic N) is 2. The molecule has 1 aromatic carbocycles. The molecule has 1 saturated heterocycles. The summed E-state index contributed by atoms with van der Waals surface area (Å²) in [6.07, 6.45) is 0. The van der Waals surface area contributed by atoms with Crippen LogP contribution in [-0.4, -0.2) is 50.1 Å². The molecule has 0 unspecified atom stereocenters. The Morgan fingerprint density at radius 3 is 2.52 bits per heavy atom. The van der Waals surface area contributed by atoms with Gasteiger partial charge in [0.25, 0.3) is 5.91 Å². The lowest BCUT2D eigenvalue weighted by atomic mass is 10.2. The number of hydrogen-bond acceptors (Lipinski definition) is 4. The van der Waals surface area contributed by atoms with Crippen LogP contribution in [0.25, 0.3) is 0 Å². The van der Waals surface area contributed by atoms with E-state index in [4.69, 9.17) is 0 Å². The minimum absolute atomic E-state index is 0.0559. The summed E-state index contributed by atoms with van der Waals surface area (Å²) in [7, 11) is 0. The molecule has 5 heteroatoms. The van der Waals surface area contributed by atoms with E-state index < -0.39 is 0 Å². The van der Waals surface area contributed by atoms with Crippen LogP contribution in [0.3, 0.4) is 0 Å². The summed E-state index contributed by atoms with van der Waals surface area (Å²) in [4.78, 5) is 17.7. The van der Waals surface area contributed by atoms with Crippen LogP contribution in [0.15, 0.2) is 41.8 Å². The summed E-state index contributed by atoms with van der Waals surface area (Å²) in [6, 6.07) is 12.5. The quantitative estimate of drug-likeness (QED) is 0.916. The van der Waals surface area contributed by atoms with Crippen molar-refractivity contribution in [1.29, 1.82) is 0 Å². The molecular formula is C18H23N3OS. The fourth-order valence-electron chi connectivity index (χ4n) is 2.88. The van der Waals surface area contributed by atoms with Gasteiger partial charge in [-0.25, -0.2) is 0 Å². The van der Waals surface area contributed by atoms with Crippen LogP contribution in [0.2, 0.25) is 0 Å². The molecule has 0 aliphatic carbocycles. The monoisotopic (exact) mass is 329 g/mol. The highest BCUT2D eigenvalue weighted by atomic mass is 32.1. The van der Waals surface area contributed by atoms with E-state index in [1.54, 1.807) is 0 Å². The smallest absolute Gasteiger partial charge is 0.261 e. The summed E-state index contributed by atoms with van der Waals surface area (Å²) < 4.78 is 0. The maximum atomic E-state index is 12.1. The van der Waals surface area contributed by atoms with Crippen LogP contribution in [-0.2, 0) is 0 Å². The second-order valence-corrected chi connectivity index (χ2v) is 6.77. The molecule has 1 fully saturated rings. The maximum absolute atomic E-state index is 12.1. The first kappa shape index (κ1) is 16.0. The molecule has 2 aromatic rings. The van der Waals surface area contributed by atoms with Crippen LogP contribution < -0.4 is 10.2 Å². The Labute approximate surface area is 141 Å². The lowest BCUT2D eigenvalue weighted by molar-refractivity contribution is 0.0951. The maximum Gasteiger partial charge on any atom is 0.261 e. The number of carbonyl (C=O) groups excluding carboxylic acids is 1. The molecule has 23 heavy (non-hydrogen) atoms. The van der Waals surface area contributed by atoms with Gasteiger partial charge in [-0.2, -0.15) is 0 Å². The molecule has 0 radical (unpaired) electrons. The lowest BCUT2D eigenvalue weighted by Crippen LogP contribution is -2.48. The van der Waals surface area contributed by atoms with Crippen LogP contribution in [0.1, 0.15) is 15.2 Å². The van der Waals surface area contributed by atoms with E-state index in [2.05, 4.69) is 45.4 Å². The van der Waals surface area contributed by atoms with Gasteiger partial charge in [0.15, 0.2) is 0 Å². The fraction of sp³-hybridized carbons (Fsp3) is 0.389. The molecule has 122 valence electrons. The number of anilines is 1. The Balaban J connectivity index is 1.40. The van der Waals surface area contributed by atoms with Crippen LogP contribution in [0.5, 0.6) is 0 Å². The molecule has 4 nitrogen and oxygen atoms in total. The van der Waals surface area contributed by atoms with Gasteiger partial charge in [0.05, 0.1) is 4.88 Å². The number of nitrogens with one attached hydrogen (secondary N) is 1. The lowest BCUT2D eigenvalue weighted by Gasteiger charge is -2.36. The average Bonchev–Trinajstić information content (AvgIpc) is 3.02. The third-order valence-corrected chi connectivity index (χ3v) is 5.29. The van der Waals surface area contributed by atoms with Crippen molar-refractivity contribution in [2.24, 2.45) is 0 Å². The Hall–Kier alpha value is -1.85. The van der Waals surface area contributed by atoms with E-state index >= 15 is 0 Å². The predicted molar refractivity (Wildman–Crippen MR) is 96.5 cm³/mol. The van der Waals surface area contributed by atoms with Gasteiger partial charge in [0.1, 0.15) is 0 Å². The van der Waals surface area contributed by atoms with Gasteiger partial charge in [0, 0.05) is 45.0 Å². The second kappa shape index (κ2) is 7.62. The molecule has 1 aliphatic rings. The van der Waals surface area contributed by atoms with Gasteiger partial charge in [-0.3, -0.25) is 9.69 Å². The van der Waals surface area contributed by atoms with Crippen molar-refractivity contribution < 1.29 is 4.79 Å². The minimum atomic E-state index is 0.0559. The minimum Gasteiger partial charge on any atom is -0.369 e. The van der Waals surface area contributed by atoms with Crippen molar-refractivity contribution in [2.45, 2.75) is 6.92 Å². The zero-order valence-electron chi connectivity index (χ0n) is 13.5. The summed E-state index contributed by atoms with van der Waals surface area (Å²) >= 11 is 1.51. The van der Waals surface area contributed by atoms with Crippen LogP contribution >= 0.6 is 11.3 Å². The molecule has 0 saturated carbocycles. The van der Waals surface area contributed by atoms with Gasteiger partial charge in [-0.15, -0.1) is 11.3 Å². The van der Waals surface area contributed by atoms with Gasteiger partial charge in [-0.05, 0) is 36.1 Å². The van der Waals surface area contributed by atoms with Gasteiger partial charge >= 0.3 is 0 Å². The third-order valence-electron chi connectivity index (χ3n) is 4.28. The van der Waals surface area contributed by atoms with E-state index in [0.29, 0.717) is 6.54 Å². The number of rotatable bonds is 5. The topological polar surface area (TPSA) is 35.6 Å². The number of thiophene rings is 1. The molecule has 3 rings (SSSR count). The average molecular weight is 329 g/mol. The van der Waals surface area contributed by atoms with E-state index in [9.17, 15) is 4.79 Å². The van der Waals surface area contributed by atoms with E-state index in [1.807, 2.05) is 18.4 Å². The number of piperazine rings is 1. The predicted octanol–water partition coefficient (Wildman–Crippen LogP) is 2.61. The van der Waals surface area contributed by atoms with Crippen molar-refractivity contribution in [3.05, 3.63) is 52.2 Å². The first-order valence-electron chi connectivity index (χ1n) is 8.08. The number of para-hydroxylation sites is 1. The van der Waals surface area contributed by atoms with Gasteiger partial charge in [0.2, 0.25) is 0 Å². The van der Waals surface area contributed by atoms with Crippen molar-refractivity contribution >= 4 is 22.9 Å². The van der Waals surface area contributed by atoms with E-state index in [-0.39, 0.29) is 5.91 Å². The summed E-state index contributed by atoms with van der Waals surface area (Å²) in [5.41, 5.74) is 2.36. The molecule has 0 bridgehead atoms. The first-order valence-corrected chi connectivity index (χ1v) is 8.96. The Kier molecular flexibility index (Phi) is 5.31. The van der Waals surface area contributed by atoms with E-state index in [0.717, 1.165) is 43.2 Å². The molecule has 1 aliphatic heterocycles. The first-order chi connectivity index (χ1) is 11.2. The van der Waals surface area contributed by atoms with Crippen LogP contribution in [0, 0.1) is 6.92 Å². The highest BCUT2D eigenvalue weighted by Gasteiger charge is 2.17. The fourth-order valence-corrected chi connectivity index (χ4v) is 3.72. The van der Waals surface area contributed by atoms with Crippen molar-refractivity contribution in [3.63, 3.8) is 0 Å². The molecular weight excluding hydrogens is 306 g/mol. The number of aryl methyl sites for hydroxylation is 1. The van der Waals surface area contributed by atoms with Crippen molar-refractivity contribution in [3.8, 4) is 0 Å². The van der Waals surface area contributed by atoms with Gasteiger partial charge in [-0.1, -0.05) is 18.2 Å². The highest BCUT2D eigenvalue weighted by molar-refractivity contribution is 7.12. The summed E-state index contributed by atoms with van der Waals surface area (Å²) in [6.45, 7) is 7.78. The molecule has 1 aromatic heterocycles. The number of benzene rings is 1. The molecule has 2 heterocycles.